The van der Waals surface area contributed by atoms with Crippen LogP contribution in [0.5, 0.6) is 0 Å². The van der Waals surface area contributed by atoms with Gasteiger partial charge in [-0.3, -0.25) is 0 Å². The molecule has 0 aliphatic carbocycles. The number of aromatic amines is 1. The van der Waals surface area contributed by atoms with Gasteiger partial charge in [-0.2, -0.15) is 14.9 Å². The SMILES string of the molecule is Cc1cccc(/C=N\n2c(-c3ccccc3C)n[nH]c2=S)c1. The largest absolute Gasteiger partial charge is 0.250 e. The van der Waals surface area contributed by atoms with Gasteiger partial charge in [-0.25, -0.2) is 5.10 Å². The van der Waals surface area contributed by atoms with Crippen molar-refractivity contribution < 1.29 is 0 Å². The Balaban J connectivity index is 2.04. The van der Waals surface area contributed by atoms with Crippen LogP contribution in [0.2, 0.25) is 0 Å². The number of H-pyrrole nitrogens is 1. The molecule has 2 aromatic carbocycles. The van der Waals surface area contributed by atoms with Crippen molar-refractivity contribution in [3.8, 4) is 11.4 Å². The van der Waals surface area contributed by atoms with Gasteiger partial charge in [0.05, 0.1) is 6.21 Å². The third-order valence-corrected chi connectivity index (χ3v) is 3.67. The van der Waals surface area contributed by atoms with Crippen LogP contribution in [0.4, 0.5) is 0 Å². The van der Waals surface area contributed by atoms with E-state index in [1.807, 2.05) is 43.3 Å². The van der Waals surface area contributed by atoms with Crippen LogP contribution in [0.1, 0.15) is 16.7 Å². The summed E-state index contributed by atoms with van der Waals surface area (Å²) >= 11 is 5.29. The highest BCUT2D eigenvalue weighted by Gasteiger charge is 2.09. The summed E-state index contributed by atoms with van der Waals surface area (Å²) in [6.45, 7) is 4.10. The second-order valence-corrected chi connectivity index (χ2v) is 5.52. The number of aryl methyl sites for hydroxylation is 2. The molecular formula is C17H16N4S. The first kappa shape index (κ1) is 14.4. The van der Waals surface area contributed by atoms with Crippen LogP contribution in [-0.2, 0) is 0 Å². The summed E-state index contributed by atoms with van der Waals surface area (Å²) in [6, 6.07) is 16.2. The number of aromatic nitrogens is 3. The van der Waals surface area contributed by atoms with E-state index in [-0.39, 0.29) is 0 Å². The first-order chi connectivity index (χ1) is 10.6. The minimum atomic E-state index is 0.474. The lowest BCUT2D eigenvalue weighted by Crippen LogP contribution is -1.96. The minimum absolute atomic E-state index is 0.474. The maximum absolute atomic E-state index is 5.29. The van der Waals surface area contributed by atoms with Gasteiger partial charge in [-0.15, -0.1) is 0 Å². The summed E-state index contributed by atoms with van der Waals surface area (Å²) in [5.74, 6) is 0.715. The van der Waals surface area contributed by atoms with Crippen molar-refractivity contribution >= 4 is 18.4 Å². The molecule has 0 saturated heterocycles. The van der Waals surface area contributed by atoms with Gasteiger partial charge < -0.3 is 0 Å². The first-order valence-corrected chi connectivity index (χ1v) is 7.40. The molecule has 5 heteroatoms. The molecule has 1 N–H and O–H groups in total. The molecular weight excluding hydrogens is 292 g/mol. The molecule has 0 unspecified atom stereocenters. The highest BCUT2D eigenvalue weighted by atomic mass is 32.1. The molecule has 3 rings (SSSR count). The fourth-order valence-electron chi connectivity index (χ4n) is 2.27. The second kappa shape index (κ2) is 6.07. The molecule has 1 aromatic heterocycles. The molecule has 4 nitrogen and oxygen atoms in total. The van der Waals surface area contributed by atoms with Crippen molar-refractivity contribution in [3.05, 3.63) is 70.0 Å². The van der Waals surface area contributed by atoms with E-state index in [4.69, 9.17) is 12.2 Å². The van der Waals surface area contributed by atoms with E-state index >= 15 is 0 Å². The molecule has 0 aliphatic rings. The van der Waals surface area contributed by atoms with Crippen LogP contribution < -0.4 is 0 Å². The second-order valence-electron chi connectivity index (χ2n) is 5.14. The number of nitrogens with zero attached hydrogens (tertiary/aromatic N) is 3. The fraction of sp³-hybridized carbons (Fsp3) is 0.118. The van der Waals surface area contributed by atoms with Crippen LogP contribution in [0.25, 0.3) is 11.4 Å². The number of rotatable bonds is 3. The molecule has 0 bridgehead atoms. The van der Waals surface area contributed by atoms with Crippen molar-refractivity contribution in [2.75, 3.05) is 0 Å². The Morgan fingerprint density at radius 3 is 2.73 bits per heavy atom. The number of hydrogen-bond donors (Lipinski definition) is 1. The molecule has 0 radical (unpaired) electrons. The minimum Gasteiger partial charge on any atom is -0.250 e. The predicted molar refractivity (Wildman–Crippen MR) is 91.8 cm³/mol. The first-order valence-electron chi connectivity index (χ1n) is 6.99. The van der Waals surface area contributed by atoms with E-state index in [1.165, 1.54) is 5.56 Å². The third-order valence-electron chi connectivity index (χ3n) is 3.40. The lowest BCUT2D eigenvalue weighted by molar-refractivity contribution is 0.871. The topological polar surface area (TPSA) is 46.0 Å². The predicted octanol–water partition coefficient (Wildman–Crippen LogP) is 4.11. The molecule has 1 heterocycles. The Hall–Kier alpha value is -2.53. The van der Waals surface area contributed by atoms with Gasteiger partial charge in [0.1, 0.15) is 0 Å². The van der Waals surface area contributed by atoms with Gasteiger partial charge in [-0.05, 0) is 37.2 Å². The Morgan fingerprint density at radius 2 is 1.95 bits per heavy atom. The smallest absolute Gasteiger partial charge is 0.216 e. The summed E-state index contributed by atoms with van der Waals surface area (Å²) in [5, 5.41) is 11.6. The normalized spacial score (nSPS) is 11.2. The molecule has 3 aromatic rings. The van der Waals surface area contributed by atoms with Crippen LogP contribution >= 0.6 is 12.2 Å². The zero-order chi connectivity index (χ0) is 15.5. The summed E-state index contributed by atoms with van der Waals surface area (Å²) in [7, 11) is 0. The number of benzene rings is 2. The lowest BCUT2D eigenvalue weighted by Gasteiger charge is -2.04. The van der Waals surface area contributed by atoms with Crippen molar-refractivity contribution in [2.24, 2.45) is 5.10 Å². The maximum atomic E-state index is 5.29. The van der Waals surface area contributed by atoms with Crippen molar-refractivity contribution in [1.82, 2.24) is 14.9 Å². The van der Waals surface area contributed by atoms with Crippen molar-refractivity contribution in [2.45, 2.75) is 13.8 Å². The van der Waals surface area contributed by atoms with E-state index < -0.39 is 0 Å². The number of hydrogen-bond acceptors (Lipinski definition) is 3. The van der Waals surface area contributed by atoms with Crippen molar-refractivity contribution in [3.63, 3.8) is 0 Å². The summed E-state index contributed by atoms with van der Waals surface area (Å²) in [5.41, 5.74) is 4.36. The molecule has 22 heavy (non-hydrogen) atoms. The van der Waals surface area contributed by atoms with E-state index in [0.29, 0.717) is 10.6 Å². The quantitative estimate of drug-likeness (QED) is 0.584. The Morgan fingerprint density at radius 1 is 1.14 bits per heavy atom. The Kier molecular flexibility index (Phi) is 3.98. The molecule has 110 valence electrons. The fourth-order valence-corrected chi connectivity index (χ4v) is 2.45. The zero-order valence-electron chi connectivity index (χ0n) is 12.4. The van der Waals surface area contributed by atoms with E-state index in [2.05, 4.69) is 34.4 Å². The van der Waals surface area contributed by atoms with Crippen LogP contribution in [-0.4, -0.2) is 21.1 Å². The third kappa shape index (κ3) is 2.89. The van der Waals surface area contributed by atoms with Crippen molar-refractivity contribution in [1.29, 1.82) is 0 Å². The average Bonchev–Trinajstić information content (AvgIpc) is 2.87. The summed E-state index contributed by atoms with van der Waals surface area (Å²) < 4.78 is 2.13. The van der Waals surface area contributed by atoms with Crippen LogP contribution in [0, 0.1) is 18.6 Å². The zero-order valence-corrected chi connectivity index (χ0v) is 13.3. The molecule has 0 fully saturated rings. The van der Waals surface area contributed by atoms with Crippen LogP contribution in [0.15, 0.2) is 53.6 Å². The standard InChI is InChI=1S/C17H16N4S/c1-12-6-5-8-14(10-12)11-18-21-16(19-20-17(21)22)15-9-4-3-7-13(15)2/h3-11H,1-2H3,(H,20,22)/b18-11-. The number of nitrogens with one attached hydrogen (secondary N) is 1. The van der Waals surface area contributed by atoms with Gasteiger partial charge >= 0.3 is 0 Å². The Bertz CT molecular complexity index is 889. The van der Waals surface area contributed by atoms with Gasteiger partial charge in [-0.1, -0.05) is 54.1 Å². The highest BCUT2D eigenvalue weighted by molar-refractivity contribution is 7.71. The van der Waals surface area contributed by atoms with E-state index in [9.17, 15) is 0 Å². The lowest BCUT2D eigenvalue weighted by atomic mass is 10.1. The molecule has 0 atom stereocenters. The van der Waals surface area contributed by atoms with E-state index in [1.54, 1.807) is 10.9 Å². The molecule has 0 saturated carbocycles. The van der Waals surface area contributed by atoms with Crippen LogP contribution in [0.3, 0.4) is 0 Å². The molecule has 0 amide bonds. The Labute approximate surface area is 134 Å². The van der Waals surface area contributed by atoms with Gasteiger partial charge in [0.15, 0.2) is 5.82 Å². The molecule has 0 spiro atoms. The highest BCUT2D eigenvalue weighted by Crippen LogP contribution is 2.21. The van der Waals surface area contributed by atoms with Gasteiger partial charge in [0.2, 0.25) is 4.77 Å². The monoisotopic (exact) mass is 308 g/mol. The average molecular weight is 308 g/mol. The molecule has 0 aliphatic heterocycles. The maximum Gasteiger partial charge on any atom is 0.216 e. The van der Waals surface area contributed by atoms with Gasteiger partial charge in [0, 0.05) is 5.56 Å². The summed E-state index contributed by atoms with van der Waals surface area (Å²) in [6.07, 6.45) is 1.79. The summed E-state index contributed by atoms with van der Waals surface area (Å²) in [4.78, 5) is 0. The van der Waals surface area contributed by atoms with E-state index in [0.717, 1.165) is 16.7 Å². The van der Waals surface area contributed by atoms with Gasteiger partial charge in [0.25, 0.3) is 0 Å².